The highest BCUT2D eigenvalue weighted by Crippen LogP contribution is 1.96. The van der Waals surface area contributed by atoms with Gasteiger partial charge in [-0.15, -0.1) is 0 Å². The molecule has 0 aliphatic rings. The summed E-state index contributed by atoms with van der Waals surface area (Å²) in [6.07, 6.45) is -2.90. The van der Waals surface area contributed by atoms with E-state index in [1.165, 1.54) is 6.92 Å². The van der Waals surface area contributed by atoms with Crippen molar-refractivity contribution in [3.05, 3.63) is 0 Å². The van der Waals surface area contributed by atoms with E-state index in [0.29, 0.717) is 0 Å². The molecule has 0 aromatic heterocycles. The van der Waals surface area contributed by atoms with Crippen molar-refractivity contribution in [3.8, 4) is 0 Å². The molecule has 0 rings (SSSR count). The molecule has 0 bridgehead atoms. The molecule has 0 aliphatic heterocycles. The van der Waals surface area contributed by atoms with Gasteiger partial charge in [0.25, 0.3) is 0 Å². The van der Waals surface area contributed by atoms with E-state index in [9.17, 15) is 9.90 Å². The van der Waals surface area contributed by atoms with Gasteiger partial charge in [-0.2, -0.15) is 0 Å². The van der Waals surface area contributed by atoms with E-state index in [0.717, 1.165) is 0 Å². The summed E-state index contributed by atoms with van der Waals surface area (Å²) in [6, 6.07) is 0. The number of hydrogen-bond donors (Lipinski definition) is 4. The average molecular weight is 252 g/mol. The Morgan fingerprint density at radius 1 is 1.12 bits per heavy atom. The summed E-state index contributed by atoms with van der Waals surface area (Å²) in [5.74, 6) is -0.602. The molecule has 0 fully saturated rings. The number of hydrogen-bond acceptors (Lipinski definition) is 7. The SMILES string of the molecule is CC(O)CC(=O)OCC(O)COCC(O)CO. The summed E-state index contributed by atoms with van der Waals surface area (Å²) < 4.78 is 9.52. The minimum absolute atomic E-state index is 0.102. The number of aliphatic hydroxyl groups excluding tert-OH is 4. The van der Waals surface area contributed by atoms with Crippen LogP contribution in [0.15, 0.2) is 0 Å². The van der Waals surface area contributed by atoms with Gasteiger partial charge in [-0.3, -0.25) is 4.79 Å². The van der Waals surface area contributed by atoms with Crippen molar-refractivity contribution in [2.24, 2.45) is 0 Å². The van der Waals surface area contributed by atoms with Gasteiger partial charge in [0.05, 0.1) is 32.3 Å². The zero-order valence-corrected chi connectivity index (χ0v) is 9.78. The topological polar surface area (TPSA) is 116 Å². The summed E-state index contributed by atoms with van der Waals surface area (Å²) in [6.45, 7) is 0.589. The van der Waals surface area contributed by atoms with Crippen LogP contribution in [0.3, 0.4) is 0 Å². The maximum atomic E-state index is 11.0. The molecule has 0 saturated carbocycles. The van der Waals surface area contributed by atoms with E-state index in [-0.39, 0.29) is 26.2 Å². The van der Waals surface area contributed by atoms with E-state index >= 15 is 0 Å². The Morgan fingerprint density at radius 2 is 1.71 bits per heavy atom. The van der Waals surface area contributed by atoms with E-state index in [2.05, 4.69) is 4.74 Å². The van der Waals surface area contributed by atoms with Gasteiger partial charge in [0.1, 0.15) is 18.8 Å². The second-order valence-electron chi connectivity index (χ2n) is 3.76. The Bertz CT molecular complexity index is 207. The number of carbonyl (C=O) groups is 1. The quantitative estimate of drug-likeness (QED) is 0.352. The standard InChI is InChI=1S/C10H20O7/c1-7(12)2-10(15)17-6-9(14)5-16-4-8(13)3-11/h7-9,11-14H,2-6H2,1H3. The minimum atomic E-state index is -1.00. The Labute approximate surface area is 99.6 Å². The van der Waals surface area contributed by atoms with E-state index in [1.807, 2.05) is 0 Å². The van der Waals surface area contributed by atoms with Gasteiger partial charge < -0.3 is 29.9 Å². The van der Waals surface area contributed by atoms with Crippen molar-refractivity contribution in [1.82, 2.24) is 0 Å². The molecule has 0 spiro atoms. The van der Waals surface area contributed by atoms with Gasteiger partial charge in [0, 0.05) is 0 Å². The lowest BCUT2D eigenvalue weighted by Crippen LogP contribution is -2.27. The van der Waals surface area contributed by atoms with Gasteiger partial charge in [-0.25, -0.2) is 0 Å². The Balaban J connectivity index is 3.52. The summed E-state index contributed by atoms with van der Waals surface area (Å²) in [5.41, 5.74) is 0. The van der Waals surface area contributed by atoms with Gasteiger partial charge in [0.2, 0.25) is 0 Å². The van der Waals surface area contributed by atoms with Crippen molar-refractivity contribution in [3.63, 3.8) is 0 Å². The Kier molecular flexibility index (Phi) is 8.92. The summed E-state index contributed by atoms with van der Waals surface area (Å²) in [5, 5.41) is 35.6. The third-order valence-electron chi connectivity index (χ3n) is 1.73. The van der Waals surface area contributed by atoms with Crippen LogP contribution in [-0.4, -0.2) is 71.1 Å². The first-order valence-electron chi connectivity index (χ1n) is 5.34. The second-order valence-corrected chi connectivity index (χ2v) is 3.76. The molecule has 0 aromatic carbocycles. The van der Waals surface area contributed by atoms with Crippen LogP contribution in [0, 0.1) is 0 Å². The smallest absolute Gasteiger partial charge is 0.308 e. The van der Waals surface area contributed by atoms with Crippen LogP contribution in [0.25, 0.3) is 0 Å². The zero-order chi connectivity index (χ0) is 13.3. The van der Waals surface area contributed by atoms with Gasteiger partial charge in [-0.1, -0.05) is 0 Å². The average Bonchev–Trinajstić information content (AvgIpc) is 2.25. The van der Waals surface area contributed by atoms with Gasteiger partial charge in [0.15, 0.2) is 0 Å². The fourth-order valence-electron chi connectivity index (χ4n) is 0.930. The maximum Gasteiger partial charge on any atom is 0.308 e. The highest BCUT2D eigenvalue weighted by atomic mass is 16.5. The normalized spacial score (nSPS) is 16.3. The molecule has 0 aliphatic carbocycles. The van der Waals surface area contributed by atoms with Crippen LogP contribution in [0.2, 0.25) is 0 Å². The van der Waals surface area contributed by atoms with Crippen molar-refractivity contribution >= 4 is 5.97 Å². The molecule has 7 heteroatoms. The first-order chi connectivity index (χ1) is 7.95. The predicted octanol–water partition coefficient (Wildman–Crippen LogP) is -1.97. The van der Waals surface area contributed by atoms with E-state index in [1.54, 1.807) is 0 Å². The van der Waals surface area contributed by atoms with Crippen molar-refractivity contribution in [1.29, 1.82) is 0 Å². The van der Waals surface area contributed by atoms with E-state index in [4.69, 9.17) is 20.1 Å². The molecule has 0 radical (unpaired) electrons. The lowest BCUT2D eigenvalue weighted by molar-refractivity contribution is -0.150. The van der Waals surface area contributed by atoms with Gasteiger partial charge in [-0.05, 0) is 6.92 Å². The molecule has 3 unspecified atom stereocenters. The molecule has 17 heavy (non-hydrogen) atoms. The number of carbonyl (C=O) groups excluding carboxylic acids is 1. The monoisotopic (exact) mass is 252 g/mol. The van der Waals surface area contributed by atoms with Crippen molar-refractivity contribution in [2.45, 2.75) is 31.7 Å². The molecule has 102 valence electrons. The molecule has 3 atom stereocenters. The second kappa shape index (κ2) is 9.32. The van der Waals surface area contributed by atoms with Crippen LogP contribution in [0.5, 0.6) is 0 Å². The Morgan fingerprint density at radius 3 is 2.24 bits per heavy atom. The largest absolute Gasteiger partial charge is 0.463 e. The first-order valence-corrected chi connectivity index (χ1v) is 5.34. The molecule has 0 aromatic rings. The number of aliphatic hydroxyl groups is 4. The molecule has 4 N–H and O–H groups in total. The van der Waals surface area contributed by atoms with Crippen LogP contribution in [0.4, 0.5) is 0 Å². The van der Waals surface area contributed by atoms with Crippen LogP contribution in [-0.2, 0) is 14.3 Å². The molecule has 0 saturated heterocycles. The minimum Gasteiger partial charge on any atom is -0.463 e. The summed E-state index contributed by atoms with van der Waals surface area (Å²) >= 11 is 0. The van der Waals surface area contributed by atoms with Crippen molar-refractivity contribution in [2.75, 3.05) is 26.4 Å². The lowest BCUT2D eigenvalue weighted by Gasteiger charge is -2.13. The lowest BCUT2D eigenvalue weighted by atomic mass is 10.3. The number of esters is 1. The van der Waals surface area contributed by atoms with E-state index < -0.39 is 30.9 Å². The van der Waals surface area contributed by atoms with Crippen LogP contribution >= 0.6 is 0 Å². The molecular formula is C10H20O7. The third kappa shape index (κ3) is 10.2. The number of ether oxygens (including phenoxy) is 2. The van der Waals surface area contributed by atoms with Crippen LogP contribution < -0.4 is 0 Å². The number of rotatable bonds is 9. The predicted molar refractivity (Wildman–Crippen MR) is 57.2 cm³/mol. The summed E-state index contributed by atoms with van der Waals surface area (Å²) in [7, 11) is 0. The third-order valence-corrected chi connectivity index (χ3v) is 1.73. The molecule has 0 amide bonds. The molecular weight excluding hydrogens is 232 g/mol. The van der Waals surface area contributed by atoms with Gasteiger partial charge >= 0.3 is 5.97 Å². The zero-order valence-electron chi connectivity index (χ0n) is 9.78. The summed E-state index contributed by atoms with van der Waals surface area (Å²) in [4.78, 5) is 11.0. The fourth-order valence-corrected chi connectivity index (χ4v) is 0.930. The first kappa shape index (κ1) is 16.3. The van der Waals surface area contributed by atoms with Crippen LogP contribution in [0.1, 0.15) is 13.3 Å². The molecule has 7 nitrogen and oxygen atoms in total. The highest BCUT2D eigenvalue weighted by Gasteiger charge is 2.12. The van der Waals surface area contributed by atoms with Crippen molar-refractivity contribution < 1.29 is 34.7 Å². The molecule has 0 heterocycles. The highest BCUT2D eigenvalue weighted by molar-refractivity contribution is 5.69. The maximum absolute atomic E-state index is 11.0. The Hall–Kier alpha value is -0.730. The fraction of sp³-hybridized carbons (Fsp3) is 0.900.